The topological polar surface area (TPSA) is 58.9 Å². The molecule has 4 nitrogen and oxygen atoms in total. The standard InChI is InChI=1S/C6H9BO4S/c8-1-6-2-10-3(4(6)9)5(7-12)11-6/h3-5,8-9H,1-2H2/t3?,4-,5-,6+/m1/s1. The Morgan fingerprint density at radius 3 is 2.83 bits per heavy atom. The molecule has 2 N–H and O–H groups in total. The van der Waals surface area contributed by atoms with Crippen LogP contribution in [0.3, 0.4) is 0 Å². The van der Waals surface area contributed by atoms with Crippen molar-refractivity contribution in [1.82, 2.24) is 0 Å². The van der Waals surface area contributed by atoms with Gasteiger partial charge in [-0.3, -0.25) is 0 Å². The minimum absolute atomic E-state index is 0.232. The predicted octanol–water partition coefficient (Wildman–Crippen LogP) is -1.35. The summed E-state index contributed by atoms with van der Waals surface area (Å²) < 4.78 is 10.6. The van der Waals surface area contributed by atoms with Crippen LogP contribution in [0.25, 0.3) is 0 Å². The van der Waals surface area contributed by atoms with Crippen LogP contribution in [0.15, 0.2) is 0 Å². The van der Waals surface area contributed by atoms with Crippen molar-refractivity contribution in [3.63, 3.8) is 0 Å². The number of aliphatic hydroxyl groups is 2. The molecule has 2 aliphatic rings. The van der Waals surface area contributed by atoms with E-state index in [9.17, 15) is 5.11 Å². The summed E-state index contributed by atoms with van der Waals surface area (Å²) in [4.78, 5) is 0. The average Bonchev–Trinajstić information content (AvgIpc) is 2.58. The molecule has 0 saturated carbocycles. The molecule has 2 bridgehead atoms. The van der Waals surface area contributed by atoms with E-state index >= 15 is 0 Å². The third-order valence-electron chi connectivity index (χ3n) is 2.47. The van der Waals surface area contributed by atoms with Gasteiger partial charge in [-0.2, -0.15) is 0 Å². The molecule has 4 atom stereocenters. The zero-order valence-corrected chi connectivity index (χ0v) is 7.16. The number of fused-ring (bicyclic) bond motifs is 2. The van der Waals surface area contributed by atoms with E-state index in [-0.39, 0.29) is 19.2 Å². The molecular formula is C6H9BO4S. The number of rotatable bonds is 2. The van der Waals surface area contributed by atoms with E-state index in [0.717, 1.165) is 0 Å². The van der Waals surface area contributed by atoms with Gasteiger partial charge in [0.25, 0.3) is 0 Å². The molecule has 0 aromatic heterocycles. The zero-order valence-electron chi connectivity index (χ0n) is 6.34. The van der Waals surface area contributed by atoms with Crippen LogP contribution in [-0.2, 0) is 9.47 Å². The van der Waals surface area contributed by atoms with Crippen molar-refractivity contribution in [1.29, 1.82) is 0 Å². The Morgan fingerprint density at radius 2 is 2.42 bits per heavy atom. The molecule has 2 fully saturated rings. The molecule has 6 heteroatoms. The molecule has 2 rings (SSSR count). The Bertz CT molecular complexity index is 214. The van der Waals surface area contributed by atoms with Crippen LogP contribution in [-0.4, -0.2) is 53.4 Å². The van der Waals surface area contributed by atoms with Crippen LogP contribution in [0.5, 0.6) is 0 Å². The monoisotopic (exact) mass is 188 g/mol. The summed E-state index contributed by atoms with van der Waals surface area (Å²) in [7, 11) is 0. The van der Waals surface area contributed by atoms with Gasteiger partial charge in [-0.15, -0.1) is 0 Å². The van der Waals surface area contributed by atoms with Crippen molar-refractivity contribution >= 4 is 18.2 Å². The third kappa shape index (κ3) is 0.929. The average molecular weight is 188 g/mol. The van der Waals surface area contributed by atoms with Crippen molar-refractivity contribution < 1.29 is 19.7 Å². The Kier molecular flexibility index (Phi) is 2.04. The van der Waals surface area contributed by atoms with Gasteiger partial charge in [-0.05, 0) is 0 Å². The quantitative estimate of drug-likeness (QED) is 0.524. The third-order valence-corrected chi connectivity index (χ3v) is 2.73. The summed E-state index contributed by atoms with van der Waals surface area (Å²) in [5.74, 6) is 0. The molecule has 2 heterocycles. The second-order valence-corrected chi connectivity index (χ2v) is 3.43. The van der Waals surface area contributed by atoms with Crippen LogP contribution < -0.4 is 0 Å². The number of ether oxygens (including phenoxy) is 2. The van der Waals surface area contributed by atoms with Gasteiger partial charge in [0, 0.05) is 0 Å². The summed E-state index contributed by atoms with van der Waals surface area (Å²) >= 11 is 4.70. The molecule has 2 saturated heterocycles. The van der Waals surface area contributed by atoms with Crippen molar-refractivity contribution in [3.05, 3.63) is 0 Å². The summed E-state index contributed by atoms with van der Waals surface area (Å²) in [6.07, 6.45) is 0.270. The molecule has 0 amide bonds. The predicted molar refractivity (Wildman–Crippen MR) is 43.8 cm³/mol. The molecule has 0 radical (unpaired) electrons. The second-order valence-electron chi connectivity index (χ2n) is 3.16. The first-order chi connectivity index (χ1) is 5.73. The van der Waals surface area contributed by atoms with E-state index in [1.807, 2.05) is 0 Å². The van der Waals surface area contributed by atoms with Crippen LogP contribution in [0.4, 0.5) is 0 Å². The van der Waals surface area contributed by atoms with E-state index in [0.29, 0.717) is 0 Å². The fourth-order valence-electron chi connectivity index (χ4n) is 1.71. The fraction of sp³-hybridized carbons (Fsp3) is 1.00. The van der Waals surface area contributed by atoms with Crippen LogP contribution in [0.2, 0.25) is 0 Å². The van der Waals surface area contributed by atoms with Crippen LogP contribution >= 0.6 is 12.1 Å². The minimum atomic E-state index is -0.926. The first-order valence-electron chi connectivity index (χ1n) is 3.77. The van der Waals surface area contributed by atoms with Crippen LogP contribution in [0, 0.1) is 0 Å². The first-order valence-corrected chi connectivity index (χ1v) is 4.24. The van der Waals surface area contributed by atoms with Gasteiger partial charge in [0.15, 0.2) is 0 Å². The normalized spacial score (nSPS) is 51.0. The van der Waals surface area contributed by atoms with Gasteiger partial charge in [-0.1, -0.05) is 0 Å². The van der Waals surface area contributed by atoms with Crippen molar-refractivity contribution in [3.8, 4) is 0 Å². The molecule has 0 spiro atoms. The first kappa shape index (κ1) is 8.71. The molecule has 66 valence electrons. The Hall–Kier alpha value is 0.125. The fourth-order valence-corrected chi connectivity index (χ4v) is 1.92. The van der Waals surface area contributed by atoms with Gasteiger partial charge in [0.1, 0.15) is 0 Å². The summed E-state index contributed by atoms with van der Waals surface area (Å²) in [5.41, 5.74) is -0.926. The number of aliphatic hydroxyl groups excluding tert-OH is 2. The van der Waals surface area contributed by atoms with E-state index in [1.165, 1.54) is 6.15 Å². The zero-order chi connectivity index (χ0) is 8.77. The van der Waals surface area contributed by atoms with Gasteiger partial charge < -0.3 is 0 Å². The Morgan fingerprint density at radius 1 is 1.67 bits per heavy atom. The van der Waals surface area contributed by atoms with Gasteiger partial charge in [0.2, 0.25) is 0 Å². The molecular weight excluding hydrogens is 179 g/mol. The van der Waals surface area contributed by atoms with Gasteiger partial charge in [-0.25, -0.2) is 0 Å². The van der Waals surface area contributed by atoms with E-state index in [2.05, 4.69) is 0 Å². The Labute approximate surface area is 75.6 Å². The summed E-state index contributed by atoms with van der Waals surface area (Å²) in [6, 6.07) is -0.365. The maximum atomic E-state index is 9.60. The number of hydrogen-bond acceptors (Lipinski definition) is 5. The van der Waals surface area contributed by atoms with Crippen LogP contribution in [0.1, 0.15) is 0 Å². The van der Waals surface area contributed by atoms with E-state index in [1.54, 1.807) is 0 Å². The molecule has 0 aromatic rings. The summed E-state index contributed by atoms with van der Waals surface area (Å²) in [5, 5.41) is 18.6. The number of hydrogen-bond donors (Lipinski definition) is 2. The maximum absolute atomic E-state index is 9.60. The van der Waals surface area contributed by atoms with Gasteiger partial charge in [0.05, 0.1) is 0 Å². The SMILES string of the molecule is OC[C@@]12COC([C@H](B=S)O1)[C@H]2O. The summed E-state index contributed by atoms with van der Waals surface area (Å²) in [6.45, 7) is 0.0132. The van der Waals surface area contributed by atoms with Crippen molar-refractivity contribution in [2.45, 2.75) is 23.8 Å². The molecule has 1 unspecified atom stereocenters. The van der Waals surface area contributed by atoms with E-state index in [4.69, 9.17) is 26.6 Å². The molecule has 12 heavy (non-hydrogen) atoms. The van der Waals surface area contributed by atoms with Crippen molar-refractivity contribution in [2.75, 3.05) is 13.2 Å². The Balaban J connectivity index is 2.24. The molecule has 0 aliphatic carbocycles. The van der Waals surface area contributed by atoms with Crippen molar-refractivity contribution in [2.24, 2.45) is 0 Å². The van der Waals surface area contributed by atoms with Gasteiger partial charge >= 0.3 is 74.9 Å². The second kappa shape index (κ2) is 2.82. The van der Waals surface area contributed by atoms with E-state index < -0.39 is 17.8 Å². The molecule has 0 aromatic carbocycles. The molecule has 2 aliphatic heterocycles.